The zero-order chi connectivity index (χ0) is 15.0. The number of pyridine rings is 1. The lowest BCUT2D eigenvalue weighted by Crippen LogP contribution is -2.21. The molecular weight excluding hydrogens is 399 g/mol. The summed E-state index contributed by atoms with van der Waals surface area (Å²) in [6.07, 6.45) is -10.3. The van der Waals surface area contributed by atoms with Gasteiger partial charge in [-0.1, -0.05) is 0 Å². The Kier molecular flexibility index (Phi) is 4.17. The minimum Gasteiger partial charge on any atom is -0.476 e. The van der Waals surface area contributed by atoms with Crippen LogP contribution < -0.4 is 4.74 Å². The molecule has 11 heteroatoms. The molecule has 0 radical (unpaired) electrons. The molecule has 4 nitrogen and oxygen atoms in total. The minimum atomic E-state index is -5.19. The monoisotopic (exact) mass is 401 g/mol. The van der Waals surface area contributed by atoms with Crippen molar-refractivity contribution in [3.05, 3.63) is 20.9 Å². The van der Waals surface area contributed by atoms with Crippen LogP contribution in [0.3, 0.4) is 0 Å². The van der Waals surface area contributed by atoms with E-state index in [0.717, 1.165) is 22.6 Å². The van der Waals surface area contributed by atoms with Gasteiger partial charge in [-0.25, -0.2) is 9.78 Å². The highest BCUT2D eigenvalue weighted by Gasteiger charge is 2.39. The number of carbonyl (C=O) groups is 1. The Morgan fingerprint density at radius 2 is 1.79 bits per heavy atom. The Bertz CT molecular complexity index is 512. The lowest BCUT2D eigenvalue weighted by atomic mass is 10.2. The average Bonchev–Trinajstić information content (AvgIpc) is 2.16. The molecule has 0 spiro atoms. The topological polar surface area (TPSA) is 59.4 Å². The summed E-state index contributed by atoms with van der Waals surface area (Å²) in [6.45, 7) is 0. The summed E-state index contributed by atoms with van der Waals surface area (Å²) < 4.78 is 76.0. The van der Waals surface area contributed by atoms with Crippen molar-refractivity contribution in [1.29, 1.82) is 0 Å². The Morgan fingerprint density at radius 3 is 2.16 bits per heavy atom. The van der Waals surface area contributed by atoms with Crippen LogP contribution in [0.1, 0.15) is 16.1 Å². The summed E-state index contributed by atoms with van der Waals surface area (Å²) in [6, 6.07) is 0.220. The molecule has 106 valence electrons. The molecule has 0 atom stereocenters. The fourth-order valence-corrected chi connectivity index (χ4v) is 1.57. The van der Waals surface area contributed by atoms with Crippen molar-refractivity contribution in [1.82, 2.24) is 4.98 Å². The van der Waals surface area contributed by atoms with E-state index >= 15 is 0 Å². The number of alkyl halides is 6. The molecule has 0 bridgehead atoms. The third kappa shape index (κ3) is 4.11. The van der Waals surface area contributed by atoms with Crippen LogP contribution in [0.15, 0.2) is 6.07 Å². The molecule has 1 aromatic heterocycles. The Morgan fingerprint density at radius 1 is 1.26 bits per heavy atom. The van der Waals surface area contributed by atoms with Gasteiger partial charge in [0.2, 0.25) is 5.88 Å². The van der Waals surface area contributed by atoms with E-state index in [1.807, 2.05) is 0 Å². The maximum Gasteiger partial charge on any atom is 0.574 e. The normalized spacial score (nSPS) is 12.4. The number of hydrogen-bond acceptors (Lipinski definition) is 3. The minimum absolute atomic E-state index is 0.220. The lowest BCUT2D eigenvalue weighted by Gasteiger charge is -2.14. The van der Waals surface area contributed by atoms with E-state index in [2.05, 4.69) is 9.72 Å². The van der Waals surface area contributed by atoms with Gasteiger partial charge in [-0.15, -0.1) is 13.2 Å². The van der Waals surface area contributed by atoms with Crippen LogP contribution in [0.25, 0.3) is 0 Å². The first kappa shape index (κ1) is 15.8. The second-order valence-corrected chi connectivity index (χ2v) is 4.18. The molecule has 0 saturated heterocycles. The molecule has 0 unspecified atom stereocenters. The highest BCUT2D eigenvalue weighted by Crippen LogP contribution is 2.35. The van der Waals surface area contributed by atoms with Crippen LogP contribution in [-0.4, -0.2) is 22.4 Å². The van der Waals surface area contributed by atoms with Crippen molar-refractivity contribution in [2.24, 2.45) is 0 Å². The van der Waals surface area contributed by atoms with E-state index in [1.54, 1.807) is 0 Å². The number of carboxylic acid groups (broad SMARTS) is 1. The molecule has 0 amide bonds. The van der Waals surface area contributed by atoms with Crippen LogP contribution in [-0.2, 0) is 6.18 Å². The molecule has 1 N–H and O–H groups in total. The highest BCUT2D eigenvalue weighted by atomic mass is 127. The van der Waals surface area contributed by atoms with Gasteiger partial charge in [-0.05, 0) is 28.7 Å². The van der Waals surface area contributed by atoms with E-state index in [4.69, 9.17) is 5.11 Å². The first-order valence-electron chi connectivity index (χ1n) is 4.18. The van der Waals surface area contributed by atoms with Crippen LogP contribution >= 0.6 is 22.6 Å². The van der Waals surface area contributed by atoms with Gasteiger partial charge in [-0.2, -0.15) is 13.2 Å². The molecule has 0 aliphatic heterocycles. The molecule has 0 aliphatic carbocycles. The van der Waals surface area contributed by atoms with Crippen LogP contribution in [0.5, 0.6) is 5.88 Å². The summed E-state index contributed by atoms with van der Waals surface area (Å²) in [5.41, 5.74) is -3.22. The van der Waals surface area contributed by atoms with Crippen molar-refractivity contribution < 1.29 is 41.0 Å². The fourth-order valence-electron chi connectivity index (χ4n) is 1.03. The molecule has 0 fully saturated rings. The van der Waals surface area contributed by atoms with Gasteiger partial charge >= 0.3 is 18.5 Å². The Balaban J connectivity index is 3.42. The van der Waals surface area contributed by atoms with E-state index in [1.165, 1.54) is 0 Å². The number of rotatable bonds is 2. The van der Waals surface area contributed by atoms with Crippen molar-refractivity contribution >= 4 is 28.6 Å². The first-order valence-corrected chi connectivity index (χ1v) is 5.26. The van der Waals surface area contributed by atoms with Gasteiger partial charge in [0.1, 0.15) is 0 Å². The second-order valence-electron chi connectivity index (χ2n) is 3.02. The predicted molar refractivity (Wildman–Crippen MR) is 55.6 cm³/mol. The molecule has 0 saturated carbocycles. The first-order chi connectivity index (χ1) is 8.42. The van der Waals surface area contributed by atoms with Gasteiger partial charge in [0.05, 0.1) is 9.13 Å². The van der Waals surface area contributed by atoms with Crippen molar-refractivity contribution in [2.75, 3.05) is 0 Å². The molecule has 0 aliphatic rings. The SMILES string of the molecule is O=C(O)c1nc(OC(F)(F)F)c(I)cc1C(F)(F)F. The number of halogens is 7. The van der Waals surface area contributed by atoms with Gasteiger partial charge in [0.25, 0.3) is 0 Å². The van der Waals surface area contributed by atoms with Gasteiger partial charge in [0.15, 0.2) is 5.69 Å². The Hall–Kier alpha value is -1.27. The summed E-state index contributed by atoms with van der Waals surface area (Å²) in [5, 5.41) is 8.54. The smallest absolute Gasteiger partial charge is 0.476 e. The second kappa shape index (κ2) is 5.02. The largest absolute Gasteiger partial charge is 0.574 e. The average molecular weight is 401 g/mol. The quantitative estimate of drug-likeness (QED) is 0.611. The van der Waals surface area contributed by atoms with Gasteiger partial charge in [-0.3, -0.25) is 0 Å². The number of hydrogen-bond donors (Lipinski definition) is 1. The maximum absolute atomic E-state index is 12.5. The molecule has 1 rings (SSSR count). The van der Waals surface area contributed by atoms with Crippen LogP contribution in [0.2, 0.25) is 0 Å². The third-order valence-electron chi connectivity index (χ3n) is 1.66. The van der Waals surface area contributed by atoms with Crippen molar-refractivity contribution in [3.63, 3.8) is 0 Å². The summed E-state index contributed by atoms with van der Waals surface area (Å²) in [7, 11) is 0. The highest BCUT2D eigenvalue weighted by molar-refractivity contribution is 14.1. The number of aromatic nitrogens is 1. The van der Waals surface area contributed by atoms with Crippen molar-refractivity contribution in [2.45, 2.75) is 12.5 Å². The van der Waals surface area contributed by atoms with Gasteiger partial charge in [0, 0.05) is 0 Å². The van der Waals surface area contributed by atoms with Gasteiger partial charge < -0.3 is 9.84 Å². The molecule has 1 aromatic rings. The lowest BCUT2D eigenvalue weighted by molar-refractivity contribution is -0.276. The van der Waals surface area contributed by atoms with E-state index in [-0.39, 0.29) is 6.07 Å². The third-order valence-corrected chi connectivity index (χ3v) is 2.44. The van der Waals surface area contributed by atoms with Crippen LogP contribution in [0.4, 0.5) is 26.3 Å². The molecule has 1 heterocycles. The van der Waals surface area contributed by atoms with Crippen LogP contribution in [0, 0.1) is 3.57 Å². The standard InChI is InChI=1S/C8H2F6INO3/c9-7(10,11)2-1-3(15)5(19-8(12,13)14)16-4(2)6(17)18/h1H,(H,17,18). The Labute approximate surface area is 114 Å². The molecule has 19 heavy (non-hydrogen) atoms. The zero-order valence-corrected chi connectivity index (χ0v) is 10.6. The summed E-state index contributed by atoms with van der Waals surface area (Å²) in [4.78, 5) is 13.4. The number of nitrogens with zero attached hydrogens (tertiary/aromatic N) is 1. The van der Waals surface area contributed by atoms with Crippen molar-refractivity contribution in [3.8, 4) is 5.88 Å². The zero-order valence-electron chi connectivity index (χ0n) is 8.43. The van der Waals surface area contributed by atoms with E-state index < -0.39 is 39.2 Å². The predicted octanol–water partition coefficient (Wildman–Crippen LogP) is 3.30. The van der Waals surface area contributed by atoms with E-state index in [0.29, 0.717) is 0 Å². The summed E-state index contributed by atoms with van der Waals surface area (Å²) in [5.74, 6) is -3.37. The number of aromatic carboxylic acids is 1. The number of carboxylic acids is 1. The fraction of sp³-hybridized carbons (Fsp3) is 0.250. The molecular formula is C8H2F6INO3. The molecule has 0 aromatic carbocycles. The maximum atomic E-state index is 12.5. The summed E-state index contributed by atoms with van der Waals surface area (Å²) >= 11 is 1.13. The number of ether oxygens (including phenoxy) is 1. The van der Waals surface area contributed by atoms with E-state index in [9.17, 15) is 31.1 Å².